The van der Waals surface area contributed by atoms with Crippen molar-refractivity contribution in [2.24, 2.45) is 5.73 Å². The molecule has 0 aliphatic carbocycles. The second-order valence-corrected chi connectivity index (χ2v) is 4.21. The molecule has 0 spiro atoms. The fraction of sp³-hybridized carbons (Fsp3) is 0.900. The summed E-state index contributed by atoms with van der Waals surface area (Å²) in [6, 6.07) is 0. The number of nitrogens with two attached hydrogens (primary N) is 1. The summed E-state index contributed by atoms with van der Waals surface area (Å²) in [6.07, 6.45) is 1.97. The molecule has 0 unspecified atom stereocenters. The third kappa shape index (κ3) is 2.96. The van der Waals surface area contributed by atoms with Crippen LogP contribution in [0.25, 0.3) is 0 Å². The Morgan fingerprint density at radius 2 is 2.14 bits per heavy atom. The van der Waals surface area contributed by atoms with E-state index in [0.717, 1.165) is 32.5 Å². The molecule has 0 atom stereocenters. The van der Waals surface area contributed by atoms with E-state index in [1.165, 1.54) is 0 Å². The van der Waals surface area contributed by atoms with Crippen LogP contribution in [0.5, 0.6) is 0 Å². The zero-order valence-corrected chi connectivity index (χ0v) is 9.18. The quantitative estimate of drug-likeness (QED) is 0.652. The lowest BCUT2D eigenvalue weighted by Crippen LogP contribution is -2.68. The normalized spacial score (nSPS) is 20.2. The van der Waals surface area contributed by atoms with Crippen LogP contribution in [0.4, 0.5) is 0 Å². The van der Waals surface area contributed by atoms with E-state index in [4.69, 9.17) is 5.73 Å². The third-order valence-corrected chi connectivity index (χ3v) is 2.72. The molecule has 0 bridgehead atoms. The predicted octanol–water partition coefficient (Wildman–Crippen LogP) is -0.0643. The van der Waals surface area contributed by atoms with Crippen molar-refractivity contribution in [3.63, 3.8) is 0 Å². The molecule has 82 valence electrons. The number of hydrogen-bond acceptors (Lipinski definition) is 3. The highest BCUT2D eigenvalue weighted by Gasteiger charge is 2.38. The molecule has 0 aromatic rings. The zero-order valence-electron chi connectivity index (χ0n) is 9.18. The molecule has 1 aliphatic rings. The van der Waals surface area contributed by atoms with Gasteiger partial charge in [-0.1, -0.05) is 13.8 Å². The minimum absolute atomic E-state index is 0.0367. The average molecular weight is 199 g/mol. The number of nitrogens with zero attached hydrogens (tertiary/aromatic N) is 1. The maximum absolute atomic E-state index is 11.3. The van der Waals surface area contributed by atoms with Gasteiger partial charge in [0.2, 0.25) is 5.91 Å². The van der Waals surface area contributed by atoms with E-state index in [2.05, 4.69) is 17.1 Å². The number of nitrogens with one attached hydrogen (secondary N) is 1. The van der Waals surface area contributed by atoms with Gasteiger partial charge in [0, 0.05) is 25.2 Å². The van der Waals surface area contributed by atoms with Crippen molar-refractivity contribution in [2.45, 2.75) is 32.2 Å². The summed E-state index contributed by atoms with van der Waals surface area (Å²) in [5.41, 5.74) is 5.96. The lowest BCUT2D eigenvalue weighted by Gasteiger charge is -2.47. The second kappa shape index (κ2) is 4.75. The summed E-state index contributed by atoms with van der Waals surface area (Å²) in [6.45, 7) is 7.11. The first-order chi connectivity index (χ1) is 6.59. The molecular weight excluding hydrogens is 178 g/mol. The largest absolute Gasteiger partial charge is 0.355 e. The SMILES string of the molecule is CCCNC(=O)CN1CC(N)(CC)C1. The smallest absolute Gasteiger partial charge is 0.234 e. The molecule has 1 saturated heterocycles. The minimum atomic E-state index is -0.0367. The summed E-state index contributed by atoms with van der Waals surface area (Å²) < 4.78 is 0. The van der Waals surface area contributed by atoms with Gasteiger partial charge in [0.15, 0.2) is 0 Å². The van der Waals surface area contributed by atoms with Crippen molar-refractivity contribution >= 4 is 5.91 Å². The molecular formula is C10H21N3O. The molecule has 1 amide bonds. The van der Waals surface area contributed by atoms with Gasteiger partial charge in [-0.25, -0.2) is 0 Å². The van der Waals surface area contributed by atoms with Gasteiger partial charge < -0.3 is 11.1 Å². The summed E-state index contributed by atoms with van der Waals surface area (Å²) in [4.78, 5) is 13.4. The predicted molar refractivity (Wildman–Crippen MR) is 57.0 cm³/mol. The molecule has 3 N–H and O–H groups in total. The van der Waals surface area contributed by atoms with Gasteiger partial charge in [-0.05, 0) is 12.8 Å². The Hall–Kier alpha value is -0.610. The minimum Gasteiger partial charge on any atom is -0.355 e. The van der Waals surface area contributed by atoms with Crippen molar-refractivity contribution in [1.82, 2.24) is 10.2 Å². The molecule has 4 nitrogen and oxygen atoms in total. The second-order valence-electron chi connectivity index (χ2n) is 4.21. The van der Waals surface area contributed by atoms with Crippen molar-refractivity contribution < 1.29 is 4.79 Å². The first-order valence-electron chi connectivity index (χ1n) is 5.37. The lowest BCUT2D eigenvalue weighted by molar-refractivity contribution is -0.124. The Bertz CT molecular complexity index is 200. The van der Waals surface area contributed by atoms with E-state index in [-0.39, 0.29) is 11.4 Å². The molecule has 1 heterocycles. The van der Waals surface area contributed by atoms with Gasteiger partial charge in [-0.3, -0.25) is 9.69 Å². The molecule has 4 heteroatoms. The van der Waals surface area contributed by atoms with Crippen molar-refractivity contribution in [3.8, 4) is 0 Å². The van der Waals surface area contributed by atoms with E-state index in [1.54, 1.807) is 0 Å². The molecule has 1 fully saturated rings. The van der Waals surface area contributed by atoms with Crippen LogP contribution in [0.15, 0.2) is 0 Å². The number of likely N-dealkylation sites (tertiary alicyclic amines) is 1. The van der Waals surface area contributed by atoms with Crippen LogP contribution in [0.1, 0.15) is 26.7 Å². The molecule has 0 saturated carbocycles. The first-order valence-corrected chi connectivity index (χ1v) is 5.37. The lowest BCUT2D eigenvalue weighted by atomic mass is 9.88. The monoisotopic (exact) mass is 199 g/mol. The molecule has 0 aromatic heterocycles. The molecule has 0 radical (unpaired) electrons. The van der Waals surface area contributed by atoms with Gasteiger partial charge in [0.05, 0.1) is 6.54 Å². The van der Waals surface area contributed by atoms with Gasteiger partial charge in [-0.2, -0.15) is 0 Å². The maximum Gasteiger partial charge on any atom is 0.234 e. The number of carbonyl (C=O) groups is 1. The fourth-order valence-corrected chi connectivity index (χ4v) is 1.70. The van der Waals surface area contributed by atoms with E-state index >= 15 is 0 Å². The number of amides is 1. The highest BCUT2D eigenvalue weighted by molar-refractivity contribution is 5.78. The summed E-state index contributed by atoms with van der Waals surface area (Å²) in [7, 11) is 0. The van der Waals surface area contributed by atoms with E-state index in [1.807, 2.05) is 6.92 Å². The third-order valence-electron chi connectivity index (χ3n) is 2.72. The number of rotatable bonds is 5. The van der Waals surface area contributed by atoms with Crippen LogP contribution in [0.2, 0.25) is 0 Å². The zero-order chi connectivity index (χ0) is 10.6. The van der Waals surface area contributed by atoms with Crippen LogP contribution in [0.3, 0.4) is 0 Å². The summed E-state index contributed by atoms with van der Waals surface area (Å²) in [5, 5.41) is 2.86. The van der Waals surface area contributed by atoms with Crippen molar-refractivity contribution in [2.75, 3.05) is 26.2 Å². The van der Waals surface area contributed by atoms with Crippen LogP contribution >= 0.6 is 0 Å². The molecule has 1 rings (SSSR count). The first kappa shape index (κ1) is 11.5. The standard InChI is InChI=1S/C10H21N3O/c1-3-5-12-9(14)6-13-7-10(11,4-2)8-13/h3-8,11H2,1-2H3,(H,12,14). The van der Waals surface area contributed by atoms with E-state index in [9.17, 15) is 4.79 Å². The molecule has 0 aromatic carbocycles. The Balaban J connectivity index is 2.13. The molecule has 1 aliphatic heterocycles. The van der Waals surface area contributed by atoms with Crippen LogP contribution in [-0.4, -0.2) is 42.5 Å². The fourth-order valence-electron chi connectivity index (χ4n) is 1.70. The van der Waals surface area contributed by atoms with Gasteiger partial charge in [-0.15, -0.1) is 0 Å². The average Bonchev–Trinajstić information content (AvgIpc) is 2.12. The number of hydrogen-bond donors (Lipinski definition) is 2. The molecule has 14 heavy (non-hydrogen) atoms. The highest BCUT2D eigenvalue weighted by atomic mass is 16.2. The number of carbonyl (C=O) groups excluding carboxylic acids is 1. The summed E-state index contributed by atoms with van der Waals surface area (Å²) in [5.74, 6) is 0.116. The Morgan fingerprint density at radius 3 is 2.64 bits per heavy atom. The van der Waals surface area contributed by atoms with Crippen molar-refractivity contribution in [1.29, 1.82) is 0 Å². The van der Waals surface area contributed by atoms with Gasteiger partial charge in [0.1, 0.15) is 0 Å². The van der Waals surface area contributed by atoms with E-state index in [0.29, 0.717) is 6.54 Å². The van der Waals surface area contributed by atoms with Gasteiger partial charge >= 0.3 is 0 Å². The Morgan fingerprint density at radius 1 is 1.50 bits per heavy atom. The van der Waals surface area contributed by atoms with Crippen molar-refractivity contribution in [3.05, 3.63) is 0 Å². The topological polar surface area (TPSA) is 58.4 Å². The Kier molecular flexibility index (Phi) is 3.89. The Labute approximate surface area is 85.8 Å². The van der Waals surface area contributed by atoms with Crippen LogP contribution in [-0.2, 0) is 4.79 Å². The van der Waals surface area contributed by atoms with Gasteiger partial charge in [0.25, 0.3) is 0 Å². The summed E-state index contributed by atoms with van der Waals surface area (Å²) >= 11 is 0. The highest BCUT2D eigenvalue weighted by Crippen LogP contribution is 2.20. The van der Waals surface area contributed by atoms with Crippen LogP contribution < -0.4 is 11.1 Å². The maximum atomic E-state index is 11.3. The van der Waals surface area contributed by atoms with E-state index < -0.39 is 0 Å². The van der Waals surface area contributed by atoms with Crippen LogP contribution in [0, 0.1) is 0 Å².